The average molecular weight is 370 g/mol. The first-order chi connectivity index (χ1) is 11.8. The Morgan fingerprint density at radius 3 is 2.64 bits per heavy atom. The van der Waals surface area contributed by atoms with Gasteiger partial charge in [-0.3, -0.25) is 9.63 Å². The minimum absolute atomic E-state index is 0.0358. The molecular formula is C16H22N2O6S. The third-order valence-electron chi connectivity index (χ3n) is 4.02. The third-order valence-corrected chi connectivity index (χ3v) is 5.69. The van der Waals surface area contributed by atoms with Crippen molar-refractivity contribution in [3.63, 3.8) is 0 Å². The normalized spacial score (nSPS) is 15.7. The standard InChI is InChI=1S/C16H22N2O6S/c1-11(12-7-8-12)17-15(19)10-24-16(20)13-5-4-6-14(9-13)25(21,22)18(2)23-3/h4-6,9,11-12H,7-8,10H2,1-3H3,(H,17,19)/t11-/m1/s1. The van der Waals surface area contributed by atoms with Gasteiger partial charge in [-0.05, 0) is 43.9 Å². The van der Waals surface area contributed by atoms with Crippen molar-refractivity contribution >= 4 is 21.9 Å². The van der Waals surface area contributed by atoms with Crippen LogP contribution in [0.5, 0.6) is 0 Å². The van der Waals surface area contributed by atoms with Crippen LogP contribution >= 0.6 is 0 Å². The number of hydrogen-bond acceptors (Lipinski definition) is 6. The van der Waals surface area contributed by atoms with Gasteiger partial charge in [0.05, 0.1) is 17.6 Å². The molecule has 0 radical (unpaired) electrons. The molecule has 138 valence electrons. The lowest BCUT2D eigenvalue weighted by atomic mass is 10.2. The molecule has 1 aromatic rings. The Morgan fingerprint density at radius 2 is 2.04 bits per heavy atom. The van der Waals surface area contributed by atoms with Crippen LogP contribution in [-0.4, -0.2) is 51.6 Å². The summed E-state index contributed by atoms with van der Waals surface area (Å²) in [5.41, 5.74) is 0.0358. The van der Waals surface area contributed by atoms with E-state index < -0.39 is 22.6 Å². The molecule has 0 unspecified atom stereocenters. The molecule has 1 N–H and O–H groups in total. The highest BCUT2D eigenvalue weighted by molar-refractivity contribution is 7.89. The molecule has 0 aromatic heterocycles. The topological polar surface area (TPSA) is 102 Å². The summed E-state index contributed by atoms with van der Waals surface area (Å²) < 4.78 is 30.0. The Kier molecular flexibility index (Phi) is 6.15. The molecule has 0 heterocycles. The van der Waals surface area contributed by atoms with E-state index in [9.17, 15) is 18.0 Å². The second-order valence-electron chi connectivity index (χ2n) is 5.89. The predicted molar refractivity (Wildman–Crippen MR) is 89.0 cm³/mol. The number of hydroxylamine groups is 1. The zero-order valence-electron chi connectivity index (χ0n) is 14.4. The van der Waals surface area contributed by atoms with Gasteiger partial charge in [0.15, 0.2) is 6.61 Å². The van der Waals surface area contributed by atoms with E-state index in [1.807, 2.05) is 6.92 Å². The summed E-state index contributed by atoms with van der Waals surface area (Å²) in [5, 5.41) is 2.77. The number of rotatable bonds is 8. The van der Waals surface area contributed by atoms with Crippen molar-refractivity contribution in [2.45, 2.75) is 30.7 Å². The van der Waals surface area contributed by atoms with Gasteiger partial charge >= 0.3 is 5.97 Å². The van der Waals surface area contributed by atoms with Crippen LogP contribution in [0.1, 0.15) is 30.1 Å². The molecule has 1 fully saturated rings. The number of benzene rings is 1. The Hall–Kier alpha value is -1.97. The van der Waals surface area contributed by atoms with Gasteiger partial charge in [0.25, 0.3) is 15.9 Å². The van der Waals surface area contributed by atoms with E-state index >= 15 is 0 Å². The van der Waals surface area contributed by atoms with Crippen LogP contribution in [0.25, 0.3) is 0 Å². The summed E-state index contributed by atoms with van der Waals surface area (Å²) in [7, 11) is -1.41. The fourth-order valence-electron chi connectivity index (χ4n) is 2.25. The fourth-order valence-corrected chi connectivity index (χ4v) is 3.27. The Morgan fingerprint density at radius 1 is 1.36 bits per heavy atom. The molecule has 25 heavy (non-hydrogen) atoms. The summed E-state index contributed by atoms with van der Waals surface area (Å²) in [6.45, 7) is 1.50. The first kappa shape index (κ1) is 19.4. The van der Waals surface area contributed by atoms with Gasteiger partial charge in [0.1, 0.15) is 0 Å². The molecule has 1 aromatic carbocycles. The van der Waals surface area contributed by atoms with Gasteiger partial charge in [-0.2, -0.15) is 0 Å². The van der Waals surface area contributed by atoms with Crippen LogP contribution in [0.15, 0.2) is 29.2 Å². The van der Waals surface area contributed by atoms with E-state index in [0.717, 1.165) is 12.8 Å². The highest BCUT2D eigenvalue weighted by Gasteiger charge is 2.29. The first-order valence-corrected chi connectivity index (χ1v) is 9.29. The molecule has 9 heteroatoms. The van der Waals surface area contributed by atoms with Crippen molar-refractivity contribution in [3.8, 4) is 0 Å². The molecule has 1 aliphatic carbocycles. The Bertz CT molecular complexity index is 745. The maximum atomic E-state index is 12.2. The van der Waals surface area contributed by atoms with Crippen molar-refractivity contribution in [1.82, 2.24) is 9.79 Å². The highest BCUT2D eigenvalue weighted by atomic mass is 32.2. The summed E-state index contributed by atoms with van der Waals surface area (Å²) in [5.74, 6) is -0.652. The average Bonchev–Trinajstić information content (AvgIpc) is 3.44. The minimum atomic E-state index is -3.87. The molecule has 1 amide bonds. The maximum absolute atomic E-state index is 12.2. The first-order valence-electron chi connectivity index (χ1n) is 7.85. The van der Waals surface area contributed by atoms with Crippen LogP contribution in [0.3, 0.4) is 0 Å². The van der Waals surface area contributed by atoms with Crippen LogP contribution in [0.2, 0.25) is 0 Å². The highest BCUT2D eigenvalue weighted by Crippen LogP contribution is 2.32. The van der Waals surface area contributed by atoms with Crippen LogP contribution < -0.4 is 5.32 Å². The van der Waals surface area contributed by atoms with Gasteiger partial charge in [-0.15, -0.1) is 0 Å². The summed E-state index contributed by atoms with van der Waals surface area (Å²) in [6.07, 6.45) is 2.19. The lowest BCUT2D eigenvalue weighted by molar-refractivity contribution is -0.124. The smallest absolute Gasteiger partial charge is 0.338 e. The van der Waals surface area contributed by atoms with Crippen molar-refractivity contribution in [2.75, 3.05) is 20.8 Å². The Labute approximate surface area is 147 Å². The van der Waals surface area contributed by atoms with Crippen molar-refractivity contribution < 1.29 is 27.6 Å². The number of carbonyl (C=O) groups excluding carboxylic acids is 2. The number of carbonyl (C=O) groups is 2. The van der Waals surface area contributed by atoms with Crippen LogP contribution in [0.4, 0.5) is 0 Å². The lowest BCUT2D eigenvalue weighted by Gasteiger charge is -2.15. The molecule has 0 spiro atoms. The minimum Gasteiger partial charge on any atom is -0.452 e. The second kappa shape index (κ2) is 7.94. The maximum Gasteiger partial charge on any atom is 0.338 e. The zero-order chi connectivity index (χ0) is 18.6. The largest absolute Gasteiger partial charge is 0.452 e. The number of esters is 1. The zero-order valence-corrected chi connectivity index (χ0v) is 15.2. The lowest BCUT2D eigenvalue weighted by Crippen LogP contribution is -2.37. The van der Waals surface area contributed by atoms with E-state index in [0.29, 0.717) is 10.4 Å². The van der Waals surface area contributed by atoms with Crippen molar-refractivity contribution in [1.29, 1.82) is 0 Å². The van der Waals surface area contributed by atoms with Gasteiger partial charge in [-0.25, -0.2) is 13.2 Å². The molecule has 1 atom stereocenters. The van der Waals surface area contributed by atoms with E-state index in [2.05, 4.69) is 10.2 Å². The number of nitrogens with one attached hydrogen (secondary N) is 1. The molecule has 0 aliphatic heterocycles. The second-order valence-corrected chi connectivity index (χ2v) is 7.83. The van der Waals surface area contributed by atoms with Gasteiger partial charge < -0.3 is 10.1 Å². The predicted octanol–water partition coefficient (Wildman–Crippen LogP) is 0.940. The SMILES string of the molecule is CON(C)S(=O)(=O)c1cccc(C(=O)OCC(=O)N[C@H](C)C2CC2)c1. The number of ether oxygens (including phenoxy) is 1. The molecule has 2 rings (SSSR count). The number of nitrogens with zero attached hydrogens (tertiary/aromatic N) is 1. The monoisotopic (exact) mass is 370 g/mol. The molecule has 0 saturated heterocycles. The third kappa shape index (κ3) is 5.00. The van der Waals surface area contributed by atoms with E-state index in [1.54, 1.807) is 0 Å². The van der Waals surface area contributed by atoms with E-state index in [1.165, 1.54) is 38.4 Å². The molecule has 8 nitrogen and oxygen atoms in total. The summed E-state index contributed by atoms with van der Waals surface area (Å²) in [6, 6.07) is 5.41. The Balaban J connectivity index is 1.97. The quantitative estimate of drug-likeness (QED) is 0.540. The van der Waals surface area contributed by atoms with Gasteiger partial charge in [0.2, 0.25) is 0 Å². The fraction of sp³-hybridized carbons (Fsp3) is 0.500. The van der Waals surface area contributed by atoms with Gasteiger partial charge in [0, 0.05) is 13.1 Å². The molecule has 1 saturated carbocycles. The van der Waals surface area contributed by atoms with Crippen LogP contribution in [0, 0.1) is 5.92 Å². The van der Waals surface area contributed by atoms with Gasteiger partial charge in [-0.1, -0.05) is 10.5 Å². The number of hydrogen-bond donors (Lipinski definition) is 1. The molecule has 0 bridgehead atoms. The van der Waals surface area contributed by atoms with E-state index in [4.69, 9.17) is 4.74 Å². The van der Waals surface area contributed by atoms with Crippen molar-refractivity contribution in [3.05, 3.63) is 29.8 Å². The number of amides is 1. The van der Waals surface area contributed by atoms with Crippen LogP contribution in [-0.2, 0) is 24.4 Å². The number of sulfonamides is 1. The van der Waals surface area contributed by atoms with E-state index in [-0.39, 0.29) is 22.4 Å². The van der Waals surface area contributed by atoms with Crippen molar-refractivity contribution in [2.24, 2.45) is 5.92 Å². The summed E-state index contributed by atoms with van der Waals surface area (Å²) in [4.78, 5) is 28.4. The molecule has 1 aliphatic rings. The molecular weight excluding hydrogens is 348 g/mol. The summed E-state index contributed by atoms with van der Waals surface area (Å²) >= 11 is 0.